The molecule has 0 unspecified atom stereocenters. The van der Waals surface area contributed by atoms with Crippen molar-refractivity contribution in [2.75, 3.05) is 6.26 Å². The molecule has 64 valence electrons. The van der Waals surface area contributed by atoms with E-state index in [1.54, 1.807) is 11.8 Å². The van der Waals surface area contributed by atoms with Gasteiger partial charge >= 0.3 is 0 Å². The minimum absolute atomic E-state index is 0.214. The summed E-state index contributed by atoms with van der Waals surface area (Å²) in [5.74, 6) is 0.214. The summed E-state index contributed by atoms with van der Waals surface area (Å²) in [6.45, 7) is 1.88. The predicted molar refractivity (Wildman–Crippen MR) is 52.8 cm³/mol. The normalized spacial score (nSPS) is 9.83. The molecule has 0 aliphatic heterocycles. The number of rotatable bonds is 3. The van der Waals surface area contributed by atoms with E-state index in [9.17, 15) is 4.79 Å². The zero-order valence-electron chi connectivity index (χ0n) is 7.33. The van der Waals surface area contributed by atoms with E-state index < -0.39 is 0 Å². The standard InChI is InChI=1S/C10H12OS/c1-3-10(11)8-5-4-6-9(7-8)12-2/h4-7H,3H2,1-2H3. The van der Waals surface area contributed by atoms with E-state index in [1.807, 2.05) is 37.4 Å². The zero-order valence-corrected chi connectivity index (χ0v) is 8.15. The third kappa shape index (κ3) is 2.11. The first-order valence-electron chi connectivity index (χ1n) is 3.95. The van der Waals surface area contributed by atoms with Gasteiger partial charge < -0.3 is 0 Å². The molecule has 1 aromatic rings. The van der Waals surface area contributed by atoms with E-state index in [2.05, 4.69) is 0 Å². The molecule has 0 aliphatic rings. The Kier molecular flexibility index (Phi) is 3.35. The maximum Gasteiger partial charge on any atom is 0.162 e. The van der Waals surface area contributed by atoms with Crippen LogP contribution in [0.25, 0.3) is 0 Å². The van der Waals surface area contributed by atoms with Crippen molar-refractivity contribution in [1.82, 2.24) is 0 Å². The first-order chi connectivity index (χ1) is 5.77. The average Bonchev–Trinajstić information content (AvgIpc) is 2.17. The van der Waals surface area contributed by atoms with Gasteiger partial charge in [-0.15, -0.1) is 11.8 Å². The van der Waals surface area contributed by atoms with Gasteiger partial charge in [0.2, 0.25) is 0 Å². The molecule has 1 nitrogen and oxygen atoms in total. The molecule has 1 rings (SSSR count). The summed E-state index contributed by atoms with van der Waals surface area (Å²) in [5, 5.41) is 0. The molecule has 0 N–H and O–H groups in total. The molecule has 0 bridgehead atoms. The predicted octanol–water partition coefficient (Wildman–Crippen LogP) is 3.00. The Labute approximate surface area is 77.2 Å². The third-order valence-corrected chi connectivity index (χ3v) is 2.44. The van der Waals surface area contributed by atoms with Gasteiger partial charge in [0.1, 0.15) is 0 Å². The third-order valence-electron chi connectivity index (χ3n) is 1.71. The van der Waals surface area contributed by atoms with Gasteiger partial charge in [0.15, 0.2) is 5.78 Å². The number of carbonyl (C=O) groups is 1. The lowest BCUT2D eigenvalue weighted by atomic mass is 10.1. The first kappa shape index (κ1) is 9.33. The van der Waals surface area contributed by atoms with Crippen LogP contribution in [0.4, 0.5) is 0 Å². The summed E-state index contributed by atoms with van der Waals surface area (Å²) in [5.41, 5.74) is 0.823. The van der Waals surface area contributed by atoms with Crippen LogP contribution < -0.4 is 0 Å². The average molecular weight is 180 g/mol. The monoisotopic (exact) mass is 180 g/mol. The van der Waals surface area contributed by atoms with Gasteiger partial charge in [-0.1, -0.05) is 19.1 Å². The number of ketones is 1. The van der Waals surface area contributed by atoms with Crippen LogP contribution in [0.5, 0.6) is 0 Å². The van der Waals surface area contributed by atoms with Crippen molar-refractivity contribution in [2.24, 2.45) is 0 Å². The van der Waals surface area contributed by atoms with Gasteiger partial charge in [0.25, 0.3) is 0 Å². The first-order valence-corrected chi connectivity index (χ1v) is 5.17. The largest absolute Gasteiger partial charge is 0.294 e. The smallest absolute Gasteiger partial charge is 0.162 e. The van der Waals surface area contributed by atoms with Crippen LogP contribution in [0.1, 0.15) is 23.7 Å². The highest BCUT2D eigenvalue weighted by molar-refractivity contribution is 7.98. The van der Waals surface area contributed by atoms with E-state index in [-0.39, 0.29) is 5.78 Å². The van der Waals surface area contributed by atoms with Crippen LogP contribution in [-0.2, 0) is 0 Å². The van der Waals surface area contributed by atoms with Gasteiger partial charge in [-0.2, -0.15) is 0 Å². The number of Topliss-reactive ketones (excluding diaryl/α,β-unsaturated/α-hetero) is 1. The summed E-state index contributed by atoms with van der Waals surface area (Å²) >= 11 is 1.66. The van der Waals surface area contributed by atoms with Crippen LogP contribution in [0.2, 0.25) is 0 Å². The van der Waals surface area contributed by atoms with Gasteiger partial charge in [0.05, 0.1) is 0 Å². The second-order valence-corrected chi connectivity index (χ2v) is 3.39. The van der Waals surface area contributed by atoms with E-state index in [0.29, 0.717) is 6.42 Å². The highest BCUT2D eigenvalue weighted by Gasteiger charge is 2.02. The molecule has 0 saturated heterocycles. The van der Waals surface area contributed by atoms with Crippen molar-refractivity contribution in [1.29, 1.82) is 0 Å². The van der Waals surface area contributed by atoms with Gasteiger partial charge in [-0.3, -0.25) is 4.79 Å². The SMILES string of the molecule is CCC(=O)c1cccc(SC)c1. The Bertz CT molecular complexity index is 281. The quantitative estimate of drug-likeness (QED) is 0.525. The minimum atomic E-state index is 0.214. The molecule has 12 heavy (non-hydrogen) atoms. The lowest BCUT2D eigenvalue weighted by Crippen LogP contribution is -1.95. The van der Waals surface area contributed by atoms with E-state index >= 15 is 0 Å². The highest BCUT2D eigenvalue weighted by Crippen LogP contribution is 2.16. The lowest BCUT2D eigenvalue weighted by Gasteiger charge is -1.99. The van der Waals surface area contributed by atoms with Crippen molar-refractivity contribution >= 4 is 17.5 Å². The molecule has 0 spiro atoms. The molecule has 2 heteroatoms. The number of thioether (sulfide) groups is 1. The molecular weight excluding hydrogens is 168 g/mol. The van der Waals surface area contributed by atoms with Gasteiger partial charge in [0, 0.05) is 16.9 Å². The summed E-state index contributed by atoms with van der Waals surface area (Å²) in [7, 11) is 0. The Morgan fingerprint density at radius 3 is 2.83 bits per heavy atom. The van der Waals surface area contributed by atoms with E-state index in [0.717, 1.165) is 10.5 Å². The fraction of sp³-hybridized carbons (Fsp3) is 0.300. The zero-order chi connectivity index (χ0) is 8.97. The fourth-order valence-corrected chi connectivity index (χ4v) is 1.46. The Morgan fingerprint density at radius 1 is 1.50 bits per heavy atom. The molecule has 0 radical (unpaired) electrons. The maximum absolute atomic E-state index is 11.3. The second kappa shape index (κ2) is 4.31. The molecule has 0 saturated carbocycles. The molecule has 0 heterocycles. The van der Waals surface area contributed by atoms with Crippen LogP contribution >= 0.6 is 11.8 Å². The summed E-state index contributed by atoms with van der Waals surface area (Å²) in [6.07, 6.45) is 2.59. The maximum atomic E-state index is 11.3. The lowest BCUT2D eigenvalue weighted by molar-refractivity contribution is 0.0988. The molecular formula is C10H12OS. The Balaban J connectivity index is 2.93. The number of hydrogen-bond donors (Lipinski definition) is 0. The van der Waals surface area contributed by atoms with Crippen molar-refractivity contribution < 1.29 is 4.79 Å². The molecule has 0 aliphatic carbocycles. The number of carbonyl (C=O) groups excluding carboxylic acids is 1. The summed E-state index contributed by atoms with van der Waals surface area (Å²) in [6, 6.07) is 7.74. The van der Waals surface area contributed by atoms with Crippen molar-refractivity contribution in [3.8, 4) is 0 Å². The Hall–Kier alpha value is -0.760. The molecule has 1 aromatic carbocycles. The van der Waals surface area contributed by atoms with Crippen LogP contribution in [0.15, 0.2) is 29.2 Å². The van der Waals surface area contributed by atoms with Crippen LogP contribution in [0, 0.1) is 0 Å². The van der Waals surface area contributed by atoms with Gasteiger partial charge in [-0.05, 0) is 18.4 Å². The van der Waals surface area contributed by atoms with E-state index in [1.165, 1.54) is 0 Å². The topological polar surface area (TPSA) is 17.1 Å². The van der Waals surface area contributed by atoms with Crippen molar-refractivity contribution in [3.63, 3.8) is 0 Å². The Morgan fingerprint density at radius 2 is 2.25 bits per heavy atom. The highest BCUT2D eigenvalue weighted by atomic mass is 32.2. The molecule has 0 atom stereocenters. The number of hydrogen-bond acceptors (Lipinski definition) is 2. The fourth-order valence-electron chi connectivity index (χ4n) is 1.00. The second-order valence-electron chi connectivity index (χ2n) is 2.51. The van der Waals surface area contributed by atoms with E-state index in [4.69, 9.17) is 0 Å². The minimum Gasteiger partial charge on any atom is -0.294 e. The van der Waals surface area contributed by atoms with Gasteiger partial charge in [-0.25, -0.2) is 0 Å². The molecule has 0 amide bonds. The number of benzene rings is 1. The summed E-state index contributed by atoms with van der Waals surface area (Å²) < 4.78 is 0. The molecule has 0 fully saturated rings. The van der Waals surface area contributed by atoms with Crippen LogP contribution in [0.3, 0.4) is 0 Å². The molecule has 0 aromatic heterocycles. The van der Waals surface area contributed by atoms with Crippen LogP contribution in [-0.4, -0.2) is 12.0 Å². The van der Waals surface area contributed by atoms with Crippen molar-refractivity contribution in [3.05, 3.63) is 29.8 Å². The van der Waals surface area contributed by atoms with Crippen molar-refractivity contribution in [2.45, 2.75) is 18.2 Å². The summed E-state index contributed by atoms with van der Waals surface area (Å²) in [4.78, 5) is 12.4.